The third kappa shape index (κ3) is 3.38. The van der Waals surface area contributed by atoms with E-state index in [-0.39, 0.29) is 5.91 Å². The van der Waals surface area contributed by atoms with Crippen LogP contribution in [-0.2, 0) is 12.8 Å². The number of carbonyl (C=O) groups excluding carboxylic acids is 1. The van der Waals surface area contributed by atoms with Gasteiger partial charge in [0.05, 0.1) is 4.88 Å². The van der Waals surface area contributed by atoms with Crippen molar-refractivity contribution in [2.75, 3.05) is 5.32 Å². The average molecular weight is 364 g/mol. The Morgan fingerprint density at radius 1 is 1.19 bits per heavy atom. The van der Waals surface area contributed by atoms with E-state index in [2.05, 4.69) is 27.3 Å². The van der Waals surface area contributed by atoms with E-state index in [1.807, 2.05) is 25.1 Å². The molecule has 0 fully saturated rings. The van der Waals surface area contributed by atoms with Gasteiger partial charge in [0.2, 0.25) is 0 Å². The molecule has 1 aromatic carbocycles. The molecule has 0 saturated heterocycles. The normalized spacial score (nSPS) is 14.4. The standard InChI is InChI=1S/C17H18BrNOS/c1-11-9-13(18)7-8-14(11)19-17(20)16-10-12-5-3-2-4-6-15(12)21-16/h7-10H,2-6H2,1H3,(H,19,20). The van der Waals surface area contributed by atoms with Gasteiger partial charge < -0.3 is 5.32 Å². The van der Waals surface area contributed by atoms with Crippen molar-refractivity contribution in [1.29, 1.82) is 0 Å². The first-order chi connectivity index (χ1) is 10.1. The van der Waals surface area contributed by atoms with Gasteiger partial charge in [-0.1, -0.05) is 22.4 Å². The van der Waals surface area contributed by atoms with Crippen molar-refractivity contribution in [3.05, 3.63) is 49.6 Å². The minimum absolute atomic E-state index is 0.0125. The minimum atomic E-state index is 0.0125. The average Bonchev–Trinajstić information content (AvgIpc) is 2.73. The highest BCUT2D eigenvalue weighted by Gasteiger charge is 2.17. The summed E-state index contributed by atoms with van der Waals surface area (Å²) in [6.07, 6.45) is 6.05. The molecule has 3 rings (SSSR count). The van der Waals surface area contributed by atoms with E-state index in [0.717, 1.165) is 33.4 Å². The number of benzene rings is 1. The van der Waals surface area contributed by atoms with Crippen LogP contribution < -0.4 is 5.32 Å². The van der Waals surface area contributed by atoms with Crippen LogP contribution in [0.25, 0.3) is 0 Å². The molecule has 0 spiro atoms. The number of anilines is 1. The molecule has 0 radical (unpaired) electrons. The molecule has 2 aromatic rings. The molecule has 0 atom stereocenters. The number of hydrogen-bond donors (Lipinski definition) is 1. The molecule has 1 heterocycles. The van der Waals surface area contributed by atoms with Crippen molar-refractivity contribution in [1.82, 2.24) is 0 Å². The lowest BCUT2D eigenvalue weighted by atomic mass is 10.1. The van der Waals surface area contributed by atoms with E-state index in [0.29, 0.717) is 0 Å². The Morgan fingerprint density at radius 2 is 2.00 bits per heavy atom. The van der Waals surface area contributed by atoms with E-state index >= 15 is 0 Å². The van der Waals surface area contributed by atoms with Crippen LogP contribution in [0.1, 0.15) is 44.9 Å². The Labute approximate surface area is 137 Å². The summed E-state index contributed by atoms with van der Waals surface area (Å²) in [4.78, 5) is 14.7. The summed E-state index contributed by atoms with van der Waals surface area (Å²) >= 11 is 5.11. The molecule has 0 unspecified atom stereocenters. The van der Waals surface area contributed by atoms with Gasteiger partial charge in [-0.05, 0) is 68.0 Å². The lowest BCUT2D eigenvalue weighted by Gasteiger charge is -2.07. The van der Waals surface area contributed by atoms with Crippen molar-refractivity contribution in [2.45, 2.75) is 39.0 Å². The molecule has 1 amide bonds. The second-order valence-electron chi connectivity index (χ2n) is 5.53. The fourth-order valence-corrected chi connectivity index (χ4v) is 4.35. The molecule has 21 heavy (non-hydrogen) atoms. The van der Waals surface area contributed by atoms with Crippen LogP contribution in [0.15, 0.2) is 28.7 Å². The summed E-state index contributed by atoms with van der Waals surface area (Å²) in [7, 11) is 0. The Hall–Kier alpha value is -1.13. The number of fused-ring (bicyclic) bond motifs is 1. The van der Waals surface area contributed by atoms with Crippen LogP contribution in [0.4, 0.5) is 5.69 Å². The van der Waals surface area contributed by atoms with Crippen molar-refractivity contribution in [3.63, 3.8) is 0 Å². The number of nitrogens with one attached hydrogen (secondary N) is 1. The monoisotopic (exact) mass is 363 g/mol. The van der Waals surface area contributed by atoms with E-state index in [4.69, 9.17) is 0 Å². The van der Waals surface area contributed by atoms with Crippen LogP contribution >= 0.6 is 27.3 Å². The van der Waals surface area contributed by atoms with Crippen molar-refractivity contribution in [3.8, 4) is 0 Å². The third-order valence-corrected chi connectivity index (χ3v) is 5.64. The maximum atomic E-state index is 12.4. The third-order valence-electron chi connectivity index (χ3n) is 3.91. The Bertz CT molecular complexity index is 654. The Kier molecular flexibility index (Phi) is 4.45. The molecule has 1 aliphatic carbocycles. The maximum absolute atomic E-state index is 12.4. The predicted molar refractivity (Wildman–Crippen MR) is 92.4 cm³/mol. The molecule has 4 heteroatoms. The highest BCUT2D eigenvalue weighted by atomic mass is 79.9. The van der Waals surface area contributed by atoms with E-state index in [9.17, 15) is 4.79 Å². The first kappa shape index (κ1) is 14.8. The van der Waals surface area contributed by atoms with Crippen LogP contribution in [0.3, 0.4) is 0 Å². The number of carbonyl (C=O) groups is 1. The quantitative estimate of drug-likeness (QED) is 0.716. The topological polar surface area (TPSA) is 29.1 Å². The lowest BCUT2D eigenvalue weighted by molar-refractivity contribution is 0.103. The molecule has 1 N–H and O–H groups in total. The molecular weight excluding hydrogens is 346 g/mol. The number of rotatable bonds is 2. The molecule has 0 aliphatic heterocycles. The van der Waals surface area contributed by atoms with Gasteiger partial charge in [0.1, 0.15) is 0 Å². The zero-order valence-electron chi connectivity index (χ0n) is 12.0. The second kappa shape index (κ2) is 6.32. The number of amides is 1. The maximum Gasteiger partial charge on any atom is 0.265 e. The van der Waals surface area contributed by atoms with Gasteiger partial charge in [-0.15, -0.1) is 11.3 Å². The fourth-order valence-electron chi connectivity index (χ4n) is 2.73. The molecule has 2 nitrogen and oxygen atoms in total. The van der Waals surface area contributed by atoms with Crippen molar-refractivity contribution < 1.29 is 4.79 Å². The van der Waals surface area contributed by atoms with Gasteiger partial charge in [-0.25, -0.2) is 0 Å². The first-order valence-electron chi connectivity index (χ1n) is 7.32. The summed E-state index contributed by atoms with van der Waals surface area (Å²) in [6, 6.07) is 8.00. The van der Waals surface area contributed by atoms with Gasteiger partial charge in [-0.3, -0.25) is 4.79 Å². The zero-order chi connectivity index (χ0) is 14.8. The van der Waals surface area contributed by atoms with Crippen LogP contribution in [-0.4, -0.2) is 5.91 Å². The van der Waals surface area contributed by atoms with Crippen LogP contribution in [0.2, 0.25) is 0 Å². The van der Waals surface area contributed by atoms with Crippen LogP contribution in [0.5, 0.6) is 0 Å². The van der Waals surface area contributed by atoms with Crippen molar-refractivity contribution in [2.24, 2.45) is 0 Å². The predicted octanol–water partition coefficient (Wildman–Crippen LogP) is 5.34. The van der Waals surface area contributed by atoms with E-state index < -0.39 is 0 Å². The molecule has 0 bridgehead atoms. The molecule has 0 saturated carbocycles. The highest BCUT2D eigenvalue weighted by molar-refractivity contribution is 9.10. The Morgan fingerprint density at radius 3 is 2.81 bits per heavy atom. The highest BCUT2D eigenvalue weighted by Crippen LogP contribution is 2.30. The molecule has 1 aliphatic rings. The Balaban J connectivity index is 1.79. The van der Waals surface area contributed by atoms with Gasteiger partial charge >= 0.3 is 0 Å². The van der Waals surface area contributed by atoms with Crippen LogP contribution in [0, 0.1) is 6.92 Å². The lowest BCUT2D eigenvalue weighted by Crippen LogP contribution is -2.11. The summed E-state index contributed by atoms with van der Waals surface area (Å²) in [5.41, 5.74) is 3.33. The molecule has 110 valence electrons. The number of thiophene rings is 1. The van der Waals surface area contributed by atoms with E-state index in [1.165, 1.54) is 29.7 Å². The summed E-state index contributed by atoms with van der Waals surface area (Å²) in [6.45, 7) is 2.00. The van der Waals surface area contributed by atoms with E-state index in [1.54, 1.807) is 11.3 Å². The minimum Gasteiger partial charge on any atom is -0.321 e. The van der Waals surface area contributed by atoms with Gasteiger partial charge in [0, 0.05) is 15.0 Å². The van der Waals surface area contributed by atoms with Gasteiger partial charge in [-0.2, -0.15) is 0 Å². The SMILES string of the molecule is Cc1cc(Br)ccc1NC(=O)c1cc2c(s1)CCCCC2. The smallest absolute Gasteiger partial charge is 0.265 e. The second-order valence-corrected chi connectivity index (χ2v) is 7.59. The molecule has 1 aromatic heterocycles. The van der Waals surface area contributed by atoms with Gasteiger partial charge in [0.25, 0.3) is 5.91 Å². The zero-order valence-corrected chi connectivity index (χ0v) is 14.4. The number of hydrogen-bond acceptors (Lipinski definition) is 2. The summed E-state index contributed by atoms with van der Waals surface area (Å²) < 4.78 is 1.03. The molecular formula is C17H18BrNOS. The van der Waals surface area contributed by atoms with Gasteiger partial charge in [0.15, 0.2) is 0 Å². The van der Waals surface area contributed by atoms with Crippen molar-refractivity contribution >= 4 is 38.9 Å². The first-order valence-corrected chi connectivity index (χ1v) is 8.93. The largest absolute Gasteiger partial charge is 0.321 e. The number of aryl methyl sites for hydroxylation is 3. The fraction of sp³-hybridized carbons (Fsp3) is 0.353. The number of halogens is 1. The summed E-state index contributed by atoms with van der Waals surface area (Å²) in [5.74, 6) is 0.0125. The summed E-state index contributed by atoms with van der Waals surface area (Å²) in [5, 5.41) is 3.03.